The number of alkyl halides is 3. The zero-order chi connectivity index (χ0) is 14.3. The summed E-state index contributed by atoms with van der Waals surface area (Å²) in [6.45, 7) is 0.612. The van der Waals surface area contributed by atoms with Crippen molar-refractivity contribution in [3.05, 3.63) is 10.6 Å². The Bertz CT molecular complexity index is 488. The van der Waals surface area contributed by atoms with Crippen LogP contribution in [0, 0.1) is 5.92 Å². The Morgan fingerprint density at radius 2 is 2.05 bits per heavy atom. The van der Waals surface area contributed by atoms with Crippen LogP contribution in [-0.4, -0.2) is 29.4 Å². The highest BCUT2D eigenvalue weighted by atomic mass is 32.1. The summed E-state index contributed by atoms with van der Waals surface area (Å²) >= 11 is 1.45. The van der Waals surface area contributed by atoms with E-state index in [1.54, 1.807) is 4.90 Å². The summed E-state index contributed by atoms with van der Waals surface area (Å²) in [6, 6.07) is 0. The van der Waals surface area contributed by atoms with Crippen molar-refractivity contribution in [1.29, 1.82) is 0 Å². The highest BCUT2D eigenvalue weighted by Gasteiger charge is 2.42. The molecule has 2 unspecified atom stereocenters. The van der Waals surface area contributed by atoms with Gasteiger partial charge in [0.2, 0.25) is 0 Å². The maximum Gasteiger partial charge on any atom is 0.393 e. The van der Waals surface area contributed by atoms with Gasteiger partial charge in [-0.2, -0.15) is 13.2 Å². The van der Waals surface area contributed by atoms with E-state index in [2.05, 4.69) is 4.98 Å². The monoisotopic (exact) mass is 306 g/mol. The summed E-state index contributed by atoms with van der Waals surface area (Å²) in [4.78, 5) is 7.17. The van der Waals surface area contributed by atoms with E-state index in [-0.39, 0.29) is 13.0 Å². The molecule has 3 nitrogen and oxygen atoms in total. The van der Waals surface area contributed by atoms with Gasteiger partial charge < -0.3 is 10.0 Å². The fraction of sp³-hybridized carbons (Fsp3) is 0.769. The molecule has 2 aliphatic rings. The van der Waals surface area contributed by atoms with Crippen molar-refractivity contribution >= 4 is 16.5 Å². The van der Waals surface area contributed by atoms with Crippen LogP contribution in [-0.2, 0) is 6.42 Å². The first kappa shape index (κ1) is 14.1. The molecule has 2 heterocycles. The van der Waals surface area contributed by atoms with Gasteiger partial charge in [-0.05, 0) is 32.1 Å². The molecule has 0 bridgehead atoms. The van der Waals surface area contributed by atoms with Crippen LogP contribution in [0.5, 0.6) is 0 Å². The van der Waals surface area contributed by atoms with Crippen molar-refractivity contribution in [2.24, 2.45) is 5.92 Å². The molecule has 20 heavy (non-hydrogen) atoms. The summed E-state index contributed by atoms with van der Waals surface area (Å²) in [6.07, 6.45) is -1.45. The number of hydrogen-bond acceptors (Lipinski definition) is 4. The van der Waals surface area contributed by atoms with Gasteiger partial charge in [-0.25, -0.2) is 4.98 Å². The Hall–Kier alpha value is -0.820. The van der Waals surface area contributed by atoms with Gasteiger partial charge in [-0.1, -0.05) is 0 Å². The molecule has 0 aromatic carbocycles. The van der Waals surface area contributed by atoms with Gasteiger partial charge in [-0.3, -0.25) is 0 Å². The van der Waals surface area contributed by atoms with Crippen molar-refractivity contribution in [2.45, 2.75) is 44.4 Å². The van der Waals surface area contributed by atoms with Crippen LogP contribution in [0.3, 0.4) is 0 Å². The quantitative estimate of drug-likeness (QED) is 0.865. The molecule has 2 atom stereocenters. The Kier molecular flexibility index (Phi) is 3.66. The molecule has 1 aromatic rings. The Balaban J connectivity index is 1.79. The van der Waals surface area contributed by atoms with E-state index in [1.807, 2.05) is 0 Å². The number of nitrogens with zero attached hydrogens (tertiary/aromatic N) is 2. The lowest BCUT2D eigenvalue weighted by Gasteiger charge is -2.33. The second-order valence-electron chi connectivity index (χ2n) is 5.54. The third-order valence-electron chi connectivity index (χ3n) is 4.07. The van der Waals surface area contributed by atoms with Crippen LogP contribution in [0.15, 0.2) is 0 Å². The molecule has 1 saturated heterocycles. The van der Waals surface area contributed by atoms with E-state index >= 15 is 0 Å². The number of hydrogen-bond donors (Lipinski definition) is 1. The number of rotatable bonds is 1. The molecule has 3 rings (SSSR count). The molecule has 1 N–H and O–H groups in total. The molecule has 1 aliphatic carbocycles. The molecule has 0 saturated carbocycles. The fourth-order valence-corrected chi connectivity index (χ4v) is 4.13. The van der Waals surface area contributed by atoms with E-state index in [0.29, 0.717) is 30.2 Å². The molecule has 0 spiro atoms. The molecular weight excluding hydrogens is 289 g/mol. The highest BCUT2D eigenvalue weighted by molar-refractivity contribution is 7.15. The summed E-state index contributed by atoms with van der Waals surface area (Å²) in [7, 11) is 0. The standard InChI is InChI=1S/C13H17F3N2OS/c14-13(15,16)8-3-2-6-18(7-8)12-17-11-9(19)4-1-5-10(11)20-12/h8-9,19H,1-7H2. The topological polar surface area (TPSA) is 36.4 Å². The van der Waals surface area contributed by atoms with Crippen molar-refractivity contribution in [3.63, 3.8) is 0 Å². The Morgan fingerprint density at radius 3 is 2.75 bits per heavy atom. The zero-order valence-electron chi connectivity index (χ0n) is 11.0. The van der Waals surface area contributed by atoms with Gasteiger partial charge in [0, 0.05) is 18.0 Å². The number of anilines is 1. The van der Waals surface area contributed by atoms with Crippen molar-refractivity contribution < 1.29 is 18.3 Å². The van der Waals surface area contributed by atoms with E-state index in [1.165, 1.54) is 11.3 Å². The number of thiazole rings is 1. The summed E-state index contributed by atoms with van der Waals surface area (Å²) in [5.41, 5.74) is 0.686. The summed E-state index contributed by atoms with van der Waals surface area (Å²) in [5, 5.41) is 10.5. The second kappa shape index (κ2) is 5.18. The number of aliphatic hydroxyl groups excluding tert-OH is 1. The largest absolute Gasteiger partial charge is 0.393 e. The molecule has 0 amide bonds. The molecule has 7 heteroatoms. The van der Waals surface area contributed by atoms with Gasteiger partial charge in [0.1, 0.15) is 0 Å². The molecule has 0 radical (unpaired) electrons. The highest BCUT2D eigenvalue weighted by Crippen LogP contribution is 2.39. The zero-order valence-corrected chi connectivity index (χ0v) is 11.8. The fourth-order valence-electron chi connectivity index (χ4n) is 2.94. The van der Waals surface area contributed by atoms with Gasteiger partial charge in [0.15, 0.2) is 5.13 Å². The minimum atomic E-state index is -4.13. The van der Waals surface area contributed by atoms with Gasteiger partial charge in [-0.15, -0.1) is 11.3 Å². The predicted octanol–water partition coefficient (Wildman–Crippen LogP) is 3.29. The number of aliphatic hydroxyl groups is 1. The number of halogens is 3. The summed E-state index contributed by atoms with van der Waals surface area (Å²) in [5.74, 6) is -1.26. The van der Waals surface area contributed by atoms with Crippen molar-refractivity contribution in [2.75, 3.05) is 18.0 Å². The van der Waals surface area contributed by atoms with E-state index in [9.17, 15) is 18.3 Å². The maximum absolute atomic E-state index is 12.8. The van der Waals surface area contributed by atoms with Crippen LogP contribution in [0.4, 0.5) is 18.3 Å². The first-order chi connectivity index (χ1) is 9.45. The molecule has 1 aliphatic heterocycles. The Labute approximate surface area is 119 Å². The first-order valence-corrected chi connectivity index (χ1v) is 7.76. The number of fused-ring (bicyclic) bond motifs is 1. The number of aromatic nitrogens is 1. The second-order valence-corrected chi connectivity index (χ2v) is 6.60. The molecule has 112 valence electrons. The van der Waals surface area contributed by atoms with Crippen LogP contribution in [0.1, 0.15) is 42.4 Å². The molecule has 1 aromatic heterocycles. The summed E-state index contributed by atoms with van der Waals surface area (Å²) < 4.78 is 38.5. The van der Waals surface area contributed by atoms with Crippen molar-refractivity contribution in [1.82, 2.24) is 4.98 Å². The van der Waals surface area contributed by atoms with Crippen LogP contribution >= 0.6 is 11.3 Å². The van der Waals surface area contributed by atoms with E-state index in [0.717, 1.165) is 17.7 Å². The average molecular weight is 306 g/mol. The van der Waals surface area contributed by atoms with Crippen LogP contribution in [0.25, 0.3) is 0 Å². The van der Waals surface area contributed by atoms with Crippen LogP contribution < -0.4 is 4.90 Å². The predicted molar refractivity (Wildman–Crippen MR) is 71.0 cm³/mol. The van der Waals surface area contributed by atoms with Crippen LogP contribution in [0.2, 0.25) is 0 Å². The van der Waals surface area contributed by atoms with E-state index < -0.39 is 18.2 Å². The lowest BCUT2D eigenvalue weighted by atomic mass is 9.98. The third-order valence-corrected chi connectivity index (χ3v) is 5.26. The molecular formula is C13H17F3N2OS. The minimum Gasteiger partial charge on any atom is -0.387 e. The molecule has 1 fully saturated rings. The number of aryl methyl sites for hydroxylation is 1. The minimum absolute atomic E-state index is 0.00795. The smallest absolute Gasteiger partial charge is 0.387 e. The van der Waals surface area contributed by atoms with Gasteiger partial charge >= 0.3 is 6.18 Å². The maximum atomic E-state index is 12.8. The lowest BCUT2D eigenvalue weighted by molar-refractivity contribution is -0.175. The van der Waals surface area contributed by atoms with Gasteiger partial charge in [0.05, 0.1) is 17.7 Å². The average Bonchev–Trinajstić information content (AvgIpc) is 2.83. The van der Waals surface area contributed by atoms with E-state index in [4.69, 9.17) is 0 Å². The third kappa shape index (κ3) is 2.65. The van der Waals surface area contributed by atoms with Crippen molar-refractivity contribution in [3.8, 4) is 0 Å². The van der Waals surface area contributed by atoms with Gasteiger partial charge in [0.25, 0.3) is 0 Å². The normalized spacial score (nSPS) is 27.5. The SMILES string of the molecule is OC1CCCc2sc(N3CCCC(C(F)(F)F)C3)nc21. The first-order valence-electron chi connectivity index (χ1n) is 6.94. The number of piperidine rings is 1. The Morgan fingerprint density at radius 1 is 1.25 bits per heavy atom. The lowest BCUT2D eigenvalue weighted by Crippen LogP contribution is -2.41.